The van der Waals surface area contributed by atoms with Gasteiger partial charge in [0.2, 0.25) is 0 Å². The highest BCUT2D eigenvalue weighted by molar-refractivity contribution is 5.15. The van der Waals surface area contributed by atoms with Crippen molar-refractivity contribution in [3.8, 4) is 0 Å². The van der Waals surface area contributed by atoms with E-state index in [0.29, 0.717) is 11.5 Å². The van der Waals surface area contributed by atoms with Gasteiger partial charge in [0.15, 0.2) is 0 Å². The van der Waals surface area contributed by atoms with E-state index in [1.54, 1.807) is 5.57 Å². The smallest absolute Gasteiger partial charge is 0.0169 e. The Hall–Kier alpha value is -0.340. The molecule has 0 aromatic carbocycles. The highest BCUT2D eigenvalue weighted by Gasteiger charge is 2.27. The van der Waals surface area contributed by atoms with E-state index >= 15 is 0 Å². The summed E-state index contributed by atoms with van der Waals surface area (Å²) in [4.78, 5) is 2.67. The van der Waals surface area contributed by atoms with Gasteiger partial charge in [-0.1, -0.05) is 32.4 Å². The average molecular weight is 236 g/mol. The van der Waals surface area contributed by atoms with Crippen LogP contribution < -0.4 is 5.73 Å². The van der Waals surface area contributed by atoms with Crippen LogP contribution in [0.15, 0.2) is 11.6 Å². The molecule has 0 saturated heterocycles. The van der Waals surface area contributed by atoms with Crippen molar-refractivity contribution in [2.24, 2.45) is 11.1 Å². The van der Waals surface area contributed by atoms with E-state index in [9.17, 15) is 0 Å². The molecular weight excluding hydrogens is 208 g/mol. The van der Waals surface area contributed by atoms with Gasteiger partial charge in [-0.2, -0.15) is 0 Å². The van der Waals surface area contributed by atoms with Crippen molar-refractivity contribution in [2.75, 3.05) is 13.1 Å². The Balaban J connectivity index is 1.88. The summed E-state index contributed by atoms with van der Waals surface area (Å²) < 4.78 is 0. The second kappa shape index (κ2) is 5.11. The molecule has 1 aliphatic heterocycles. The summed E-state index contributed by atoms with van der Waals surface area (Å²) in [6.45, 7) is 9.39. The fourth-order valence-corrected chi connectivity index (χ4v) is 3.16. The van der Waals surface area contributed by atoms with Gasteiger partial charge in [0, 0.05) is 25.2 Å². The number of hydrogen-bond acceptors (Lipinski definition) is 2. The van der Waals surface area contributed by atoms with Crippen LogP contribution in [0.2, 0.25) is 0 Å². The van der Waals surface area contributed by atoms with E-state index in [2.05, 4.69) is 31.7 Å². The lowest BCUT2D eigenvalue weighted by molar-refractivity contribution is 0.156. The first kappa shape index (κ1) is 13.1. The third-order valence-electron chi connectivity index (χ3n) is 4.46. The minimum Gasteiger partial charge on any atom is -0.328 e. The first-order valence-electron chi connectivity index (χ1n) is 7.16. The second-order valence-electron chi connectivity index (χ2n) is 6.79. The van der Waals surface area contributed by atoms with Crippen LogP contribution in [0.3, 0.4) is 0 Å². The van der Waals surface area contributed by atoms with E-state index < -0.39 is 0 Å². The maximum absolute atomic E-state index is 5.98. The largest absolute Gasteiger partial charge is 0.328 e. The lowest BCUT2D eigenvalue weighted by atomic mass is 9.82. The van der Waals surface area contributed by atoms with E-state index in [4.69, 9.17) is 5.73 Å². The summed E-state index contributed by atoms with van der Waals surface area (Å²) in [5, 5.41) is 0. The molecule has 0 bridgehead atoms. The highest BCUT2D eigenvalue weighted by Crippen LogP contribution is 2.32. The van der Waals surface area contributed by atoms with Gasteiger partial charge in [-0.15, -0.1) is 0 Å². The van der Waals surface area contributed by atoms with Crippen LogP contribution in [-0.2, 0) is 0 Å². The van der Waals surface area contributed by atoms with Gasteiger partial charge in [-0.05, 0) is 37.5 Å². The van der Waals surface area contributed by atoms with Gasteiger partial charge in [0.1, 0.15) is 0 Å². The van der Waals surface area contributed by atoms with E-state index in [-0.39, 0.29) is 0 Å². The molecule has 0 aromatic heterocycles. The SMILES string of the molecule is CC(C)(C)C1=CCN(C2CCC(N)CC2)CC1. The molecule has 1 saturated carbocycles. The van der Waals surface area contributed by atoms with Crippen LogP contribution in [-0.4, -0.2) is 30.1 Å². The topological polar surface area (TPSA) is 29.3 Å². The quantitative estimate of drug-likeness (QED) is 0.709. The number of nitrogens with zero attached hydrogens (tertiary/aromatic N) is 1. The summed E-state index contributed by atoms with van der Waals surface area (Å²) >= 11 is 0. The zero-order valence-electron chi connectivity index (χ0n) is 11.7. The normalized spacial score (nSPS) is 32.4. The second-order valence-corrected chi connectivity index (χ2v) is 6.79. The zero-order chi connectivity index (χ0) is 12.5. The number of nitrogens with two attached hydrogens (primary N) is 1. The predicted molar refractivity (Wildman–Crippen MR) is 74.0 cm³/mol. The van der Waals surface area contributed by atoms with Gasteiger partial charge in [0.25, 0.3) is 0 Å². The van der Waals surface area contributed by atoms with Crippen molar-refractivity contribution < 1.29 is 0 Å². The highest BCUT2D eigenvalue weighted by atomic mass is 15.2. The summed E-state index contributed by atoms with van der Waals surface area (Å²) in [6.07, 6.45) is 8.78. The van der Waals surface area contributed by atoms with Gasteiger partial charge in [-0.3, -0.25) is 4.90 Å². The van der Waals surface area contributed by atoms with Gasteiger partial charge in [-0.25, -0.2) is 0 Å². The minimum atomic E-state index is 0.362. The standard InChI is InChI=1S/C15H28N2/c1-15(2,3)12-8-10-17(11-9-12)14-6-4-13(16)5-7-14/h8,13-14H,4-7,9-11,16H2,1-3H3. The van der Waals surface area contributed by atoms with Gasteiger partial charge in [0.05, 0.1) is 0 Å². The molecule has 2 aliphatic rings. The average Bonchev–Trinajstić information content (AvgIpc) is 2.29. The van der Waals surface area contributed by atoms with Crippen molar-refractivity contribution in [2.45, 2.75) is 65.0 Å². The third kappa shape index (κ3) is 3.32. The molecule has 0 amide bonds. The van der Waals surface area contributed by atoms with Crippen molar-refractivity contribution in [3.63, 3.8) is 0 Å². The van der Waals surface area contributed by atoms with E-state index in [1.807, 2.05) is 0 Å². The van der Waals surface area contributed by atoms with Crippen LogP contribution in [0, 0.1) is 5.41 Å². The number of rotatable bonds is 1. The van der Waals surface area contributed by atoms with Crippen molar-refractivity contribution in [1.82, 2.24) is 4.90 Å². The molecule has 2 N–H and O–H groups in total. The Morgan fingerprint density at radius 3 is 2.29 bits per heavy atom. The molecule has 0 atom stereocenters. The van der Waals surface area contributed by atoms with E-state index in [0.717, 1.165) is 12.6 Å². The fraction of sp³-hybridized carbons (Fsp3) is 0.867. The molecule has 0 unspecified atom stereocenters. The Labute approximate surface area is 106 Å². The molecule has 2 heteroatoms. The molecule has 0 radical (unpaired) electrons. The molecule has 98 valence electrons. The van der Waals surface area contributed by atoms with Crippen molar-refractivity contribution >= 4 is 0 Å². The Morgan fingerprint density at radius 1 is 1.18 bits per heavy atom. The minimum absolute atomic E-state index is 0.362. The first-order chi connectivity index (χ1) is 7.97. The van der Waals surface area contributed by atoms with Crippen molar-refractivity contribution in [3.05, 3.63) is 11.6 Å². The maximum Gasteiger partial charge on any atom is 0.0169 e. The van der Waals surface area contributed by atoms with E-state index in [1.165, 1.54) is 38.6 Å². The molecule has 1 fully saturated rings. The molecule has 1 aliphatic carbocycles. The summed E-state index contributed by atoms with van der Waals surface area (Å²) in [7, 11) is 0. The van der Waals surface area contributed by atoms with Crippen LogP contribution in [0.5, 0.6) is 0 Å². The van der Waals surface area contributed by atoms with Crippen LogP contribution >= 0.6 is 0 Å². The Bertz CT molecular complexity index is 280. The molecule has 2 nitrogen and oxygen atoms in total. The molecule has 17 heavy (non-hydrogen) atoms. The van der Waals surface area contributed by atoms with Crippen molar-refractivity contribution in [1.29, 1.82) is 0 Å². The third-order valence-corrected chi connectivity index (χ3v) is 4.46. The first-order valence-corrected chi connectivity index (χ1v) is 7.16. The predicted octanol–water partition coefficient (Wildman–Crippen LogP) is 2.93. The van der Waals surface area contributed by atoms with Crippen LogP contribution in [0.1, 0.15) is 52.9 Å². The lowest BCUT2D eigenvalue weighted by Crippen LogP contribution is -2.43. The molecule has 2 rings (SSSR count). The summed E-state index contributed by atoms with van der Waals surface area (Å²) in [5.41, 5.74) is 7.98. The number of hydrogen-bond donors (Lipinski definition) is 1. The molecule has 0 spiro atoms. The Morgan fingerprint density at radius 2 is 1.82 bits per heavy atom. The molecule has 0 aromatic rings. The van der Waals surface area contributed by atoms with Gasteiger partial charge < -0.3 is 5.73 Å². The molecular formula is C15H28N2. The lowest BCUT2D eigenvalue weighted by Gasteiger charge is -2.39. The summed E-state index contributed by atoms with van der Waals surface area (Å²) in [6, 6.07) is 1.27. The summed E-state index contributed by atoms with van der Waals surface area (Å²) in [5.74, 6) is 0. The molecule has 1 heterocycles. The van der Waals surface area contributed by atoms with Gasteiger partial charge >= 0.3 is 0 Å². The Kier molecular flexibility index (Phi) is 3.94. The van der Waals surface area contributed by atoms with Crippen LogP contribution in [0.25, 0.3) is 0 Å². The monoisotopic (exact) mass is 236 g/mol. The fourth-order valence-electron chi connectivity index (χ4n) is 3.16. The zero-order valence-corrected chi connectivity index (χ0v) is 11.7. The van der Waals surface area contributed by atoms with Crippen LogP contribution in [0.4, 0.5) is 0 Å². The maximum atomic E-state index is 5.98.